The van der Waals surface area contributed by atoms with E-state index in [-0.39, 0.29) is 5.49 Å². The molecule has 16 heteroatoms. The van der Waals surface area contributed by atoms with Gasteiger partial charge in [-0.15, -0.1) is 0 Å². The molecule has 2 aromatic heterocycles. The molecule has 4 rings (SSSR count). The molecule has 0 spiro atoms. The third-order valence-corrected chi connectivity index (χ3v) is 5.14. The van der Waals surface area contributed by atoms with Crippen LogP contribution in [0.3, 0.4) is 0 Å². The molecule has 1 aliphatic rings. The van der Waals surface area contributed by atoms with E-state index in [0.717, 1.165) is 0 Å². The number of ether oxygens (including phenoxy) is 1. The fourth-order valence-corrected chi connectivity index (χ4v) is 3.38. The third kappa shape index (κ3) is 5.71. The average molecular weight is 522 g/mol. The molecule has 5 N–H and O–H groups in total. The van der Waals surface area contributed by atoms with E-state index in [4.69, 9.17) is 31.1 Å². The molecular formula is C19H19ClF3N5O7. The molecule has 1 aromatic carbocycles. The number of imidazole rings is 1. The van der Waals surface area contributed by atoms with Crippen LogP contribution in [0.4, 0.5) is 13.2 Å². The lowest BCUT2D eigenvalue weighted by Crippen LogP contribution is -2.34. The van der Waals surface area contributed by atoms with Crippen LogP contribution in [0.25, 0.3) is 11.2 Å². The lowest BCUT2D eigenvalue weighted by molar-refractivity contribution is -0.192. The number of carboxylic acid groups (broad SMARTS) is 1. The number of hydrogen-bond donors (Lipinski definition) is 5. The smallest absolute Gasteiger partial charge is 0.475 e. The number of hydrogen-bond acceptors (Lipinski definition) is 9. The number of aliphatic hydroxyl groups is 3. The van der Waals surface area contributed by atoms with Crippen LogP contribution >= 0.6 is 11.6 Å². The molecule has 1 saturated heterocycles. The molecule has 0 bridgehead atoms. The predicted molar refractivity (Wildman–Crippen MR) is 110 cm³/mol. The van der Waals surface area contributed by atoms with Crippen molar-refractivity contribution in [2.75, 3.05) is 7.11 Å². The second kappa shape index (κ2) is 10.6. The van der Waals surface area contributed by atoms with Crippen LogP contribution in [-0.4, -0.2) is 77.5 Å². The Morgan fingerprint density at radius 3 is 2.46 bits per heavy atom. The van der Waals surface area contributed by atoms with Gasteiger partial charge in [0.25, 0.3) is 0 Å². The van der Waals surface area contributed by atoms with Gasteiger partial charge in [-0.1, -0.05) is 28.9 Å². The van der Waals surface area contributed by atoms with Crippen molar-refractivity contribution in [1.82, 2.24) is 19.5 Å². The van der Waals surface area contributed by atoms with E-state index in [9.17, 15) is 28.5 Å². The number of fused-ring (bicyclic) bond motifs is 1. The summed E-state index contributed by atoms with van der Waals surface area (Å²) in [5, 5.41) is 43.1. The second-order valence-corrected chi connectivity index (χ2v) is 7.56. The molecule has 3 heterocycles. The molecule has 0 aliphatic carbocycles. The van der Waals surface area contributed by atoms with Crippen molar-refractivity contribution in [3.8, 4) is 0 Å². The number of nitrogens with zero attached hydrogens (tertiary/aromatic N) is 4. The summed E-state index contributed by atoms with van der Waals surface area (Å²) in [5.41, 5.74) is 1.62. The van der Waals surface area contributed by atoms with Crippen molar-refractivity contribution in [3.05, 3.63) is 53.0 Å². The number of aromatic nitrogens is 4. The van der Waals surface area contributed by atoms with Crippen LogP contribution in [0, 0.1) is 0 Å². The molecule has 1 unspecified atom stereocenters. The zero-order valence-corrected chi connectivity index (χ0v) is 18.4. The number of aliphatic hydroxyl groups excluding tert-OH is 3. The summed E-state index contributed by atoms with van der Waals surface area (Å²) in [6.45, 7) is 0. The van der Waals surface area contributed by atoms with E-state index >= 15 is 0 Å². The van der Waals surface area contributed by atoms with E-state index in [1.165, 1.54) is 24.3 Å². The summed E-state index contributed by atoms with van der Waals surface area (Å²) in [6, 6.07) is 6.52. The van der Waals surface area contributed by atoms with Gasteiger partial charge in [0.15, 0.2) is 11.7 Å². The van der Waals surface area contributed by atoms with E-state index in [2.05, 4.69) is 20.1 Å². The molecule has 12 nitrogen and oxygen atoms in total. The first-order valence-corrected chi connectivity index (χ1v) is 10.1. The van der Waals surface area contributed by atoms with Gasteiger partial charge < -0.3 is 35.0 Å². The molecule has 190 valence electrons. The van der Waals surface area contributed by atoms with Crippen molar-refractivity contribution in [3.63, 3.8) is 0 Å². The Morgan fingerprint density at radius 1 is 1.26 bits per heavy atom. The van der Waals surface area contributed by atoms with Crippen LogP contribution in [0.2, 0.25) is 5.02 Å². The summed E-state index contributed by atoms with van der Waals surface area (Å²) in [6.07, 6.45) is -8.08. The summed E-state index contributed by atoms with van der Waals surface area (Å²) in [5.74, 6) is -2.76. The number of alkyl halides is 3. The Morgan fingerprint density at radius 2 is 1.89 bits per heavy atom. The summed E-state index contributed by atoms with van der Waals surface area (Å²) < 4.78 is 39.1. The van der Waals surface area contributed by atoms with Crippen molar-refractivity contribution in [2.45, 2.75) is 36.8 Å². The first-order valence-electron chi connectivity index (χ1n) is 9.68. The van der Waals surface area contributed by atoms with Gasteiger partial charge in [0, 0.05) is 5.02 Å². The molecule has 1 fully saturated rings. The van der Waals surface area contributed by atoms with Gasteiger partial charge in [-0.3, -0.25) is 4.57 Å². The Hall–Kier alpha value is -3.24. The van der Waals surface area contributed by atoms with Crippen LogP contribution in [0.15, 0.2) is 42.1 Å². The van der Waals surface area contributed by atoms with Gasteiger partial charge >= 0.3 is 12.1 Å². The Labute approximate surface area is 198 Å². The van der Waals surface area contributed by atoms with Crippen LogP contribution in [0.1, 0.15) is 17.9 Å². The van der Waals surface area contributed by atoms with Gasteiger partial charge in [-0.2, -0.15) is 13.2 Å². The normalized spacial score (nSPS) is 23.6. The van der Waals surface area contributed by atoms with Crippen molar-refractivity contribution in [2.24, 2.45) is 5.16 Å². The topological polar surface area (TPSA) is 175 Å². The zero-order valence-electron chi connectivity index (χ0n) is 17.7. The minimum atomic E-state index is -5.08. The van der Waals surface area contributed by atoms with E-state index in [1.807, 2.05) is 0 Å². The van der Waals surface area contributed by atoms with Crippen molar-refractivity contribution >= 4 is 28.7 Å². The fraction of sp³-hybridized carbons (Fsp3) is 0.368. The van der Waals surface area contributed by atoms with E-state index in [1.54, 1.807) is 24.3 Å². The molecule has 0 saturated carbocycles. The number of rotatable bonds is 4. The number of nitrogens with one attached hydrogen (secondary N) is 1. The second-order valence-electron chi connectivity index (χ2n) is 7.12. The van der Waals surface area contributed by atoms with Crippen LogP contribution in [-0.2, 0) is 14.4 Å². The van der Waals surface area contributed by atoms with Gasteiger partial charge in [-0.05, 0) is 17.7 Å². The van der Waals surface area contributed by atoms with Gasteiger partial charge in [0.2, 0.25) is 5.49 Å². The molecular weight excluding hydrogens is 503 g/mol. The molecule has 35 heavy (non-hydrogen) atoms. The van der Waals surface area contributed by atoms with Crippen LogP contribution < -0.4 is 5.49 Å². The highest BCUT2D eigenvalue weighted by atomic mass is 35.5. The lowest BCUT2D eigenvalue weighted by Gasteiger charge is -2.21. The first-order chi connectivity index (χ1) is 16.5. The highest BCUT2D eigenvalue weighted by molar-refractivity contribution is 6.30. The predicted octanol–water partition coefficient (Wildman–Crippen LogP) is 0.861. The number of aliphatic carboxylic acids is 1. The maximum absolute atomic E-state index is 10.6. The number of aromatic amines is 1. The fourth-order valence-electron chi connectivity index (χ4n) is 3.26. The number of H-pyrrole nitrogens is 1. The van der Waals surface area contributed by atoms with Crippen molar-refractivity contribution < 1.29 is 48.0 Å². The quantitative estimate of drug-likeness (QED) is 0.312. The summed E-state index contributed by atoms with van der Waals surface area (Å²) in [7, 11) is 1.39. The molecule has 1 aliphatic heterocycles. The molecule has 0 radical (unpaired) electrons. The summed E-state index contributed by atoms with van der Waals surface area (Å²) >= 11 is 5.87. The third-order valence-electron chi connectivity index (χ3n) is 4.89. The lowest BCUT2D eigenvalue weighted by atomic mass is 9.99. The molecule has 5 atom stereocenters. The maximum atomic E-state index is 10.6. The Balaban J connectivity index is 0.000000429. The average Bonchev–Trinajstić information content (AvgIpc) is 3.36. The van der Waals surface area contributed by atoms with E-state index in [0.29, 0.717) is 21.7 Å². The first kappa shape index (κ1) is 26.4. The number of halogens is 4. The standard InChI is InChI=1S/C17H18ClN5O5.C2HF3O2/c1-27-22-15-10-16(20-6-19-15)23(7-21-10)17-13(26)12(25)14(28-17)11(24)8-2-4-9(18)5-3-8;3-2(4,5)1(6)7/h2-7,11-14,17,24-26H,1H3,(H,19,20,22);(H,6,7)/t11?,12-,13+,14+,17+;/m0./s1. The van der Waals surface area contributed by atoms with E-state index < -0.39 is 42.8 Å². The largest absolute Gasteiger partial charge is 0.490 e. The van der Waals surface area contributed by atoms with Crippen molar-refractivity contribution in [1.29, 1.82) is 0 Å². The zero-order chi connectivity index (χ0) is 25.9. The number of carboxylic acids is 1. The molecule has 3 aromatic rings. The monoisotopic (exact) mass is 521 g/mol. The Kier molecular flexibility index (Phi) is 7.97. The minimum Gasteiger partial charge on any atom is -0.475 e. The number of carbonyl (C=O) groups is 1. The van der Waals surface area contributed by atoms with Gasteiger partial charge in [0.05, 0.1) is 12.7 Å². The maximum Gasteiger partial charge on any atom is 0.490 e. The van der Waals surface area contributed by atoms with Gasteiger partial charge in [0.1, 0.15) is 37.2 Å². The Bertz CT molecular complexity index is 1230. The number of benzene rings is 1. The minimum absolute atomic E-state index is 0.251. The highest BCUT2D eigenvalue weighted by Gasteiger charge is 2.47. The van der Waals surface area contributed by atoms with Crippen LogP contribution in [0.5, 0.6) is 0 Å². The van der Waals surface area contributed by atoms with Gasteiger partial charge in [-0.25, -0.2) is 14.8 Å². The SMILES string of the molecule is CON=c1nc[nH]c2c1ncn2[C@@H]1O[C@H](C(O)c2ccc(Cl)cc2)[C@@H](O)[C@H]1O.O=C(O)C(F)(F)F. The highest BCUT2D eigenvalue weighted by Crippen LogP contribution is 2.37. The summed E-state index contributed by atoms with van der Waals surface area (Å²) in [4.78, 5) is 24.8. The molecule has 0 amide bonds.